The Morgan fingerprint density at radius 1 is 0.900 bits per heavy atom. The van der Waals surface area contributed by atoms with Crippen LogP contribution in [0.4, 0.5) is 0 Å². The second kappa shape index (κ2) is 7.36. The predicted octanol–water partition coefficient (Wildman–Crippen LogP) is 2.23. The van der Waals surface area contributed by atoms with Crippen LogP contribution in [0.25, 0.3) is 0 Å². The van der Waals surface area contributed by atoms with Crippen LogP contribution in [-0.4, -0.2) is 40.6 Å². The van der Waals surface area contributed by atoms with Crippen molar-refractivity contribution in [2.45, 2.75) is 26.0 Å². The molecule has 20 heavy (non-hydrogen) atoms. The summed E-state index contributed by atoms with van der Waals surface area (Å²) < 4.78 is 21.3. The maximum absolute atomic E-state index is 5.39. The molecular formula is C15H25NO4. The fourth-order valence-electron chi connectivity index (χ4n) is 1.80. The number of ether oxygens (including phenoxy) is 4. The monoisotopic (exact) mass is 283 g/mol. The van der Waals surface area contributed by atoms with Crippen LogP contribution in [0.3, 0.4) is 0 Å². The van der Waals surface area contributed by atoms with Gasteiger partial charge in [-0.05, 0) is 19.9 Å². The molecule has 0 saturated carbocycles. The van der Waals surface area contributed by atoms with Crippen molar-refractivity contribution < 1.29 is 18.9 Å². The summed E-state index contributed by atoms with van der Waals surface area (Å²) in [6.07, 6.45) is 0. The Morgan fingerprint density at radius 2 is 1.45 bits per heavy atom. The number of methoxy groups -OCH3 is 4. The Kier molecular flexibility index (Phi) is 6.10. The highest BCUT2D eigenvalue weighted by atomic mass is 16.5. The van der Waals surface area contributed by atoms with E-state index < -0.39 is 0 Å². The zero-order valence-corrected chi connectivity index (χ0v) is 13.2. The van der Waals surface area contributed by atoms with Crippen LogP contribution < -0.4 is 19.5 Å². The molecule has 1 rings (SSSR count). The standard InChI is InChI=1S/C15H25NO4/c1-15(2,20-6)10-16-9-11-7-13(18-4)14(19-5)8-12(11)17-3/h7-8,16H,9-10H2,1-6H3. The normalized spacial score (nSPS) is 11.3. The zero-order valence-electron chi connectivity index (χ0n) is 13.2. The van der Waals surface area contributed by atoms with Gasteiger partial charge in [-0.1, -0.05) is 0 Å². The van der Waals surface area contributed by atoms with Crippen molar-refractivity contribution in [3.63, 3.8) is 0 Å². The van der Waals surface area contributed by atoms with Crippen molar-refractivity contribution in [3.8, 4) is 17.2 Å². The van der Waals surface area contributed by atoms with E-state index in [9.17, 15) is 0 Å². The first kappa shape index (κ1) is 16.6. The Bertz CT molecular complexity index is 432. The summed E-state index contributed by atoms with van der Waals surface area (Å²) in [5.74, 6) is 2.12. The molecule has 0 spiro atoms. The summed E-state index contributed by atoms with van der Waals surface area (Å²) in [4.78, 5) is 0. The summed E-state index contributed by atoms with van der Waals surface area (Å²) >= 11 is 0. The van der Waals surface area contributed by atoms with Gasteiger partial charge in [0.15, 0.2) is 11.5 Å². The van der Waals surface area contributed by atoms with E-state index in [0.717, 1.165) is 17.9 Å². The van der Waals surface area contributed by atoms with E-state index >= 15 is 0 Å². The van der Waals surface area contributed by atoms with Crippen molar-refractivity contribution in [1.29, 1.82) is 0 Å². The van der Waals surface area contributed by atoms with Gasteiger partial charge in [0.2, 0.25) is 0 Å². The molecule has 5 nitrogen and oxygen atoms in total. The number of hydrogen-bond acceptors (Lipinski definition) is 5. The van der Waals surface area contributed by atoms with Gasteiger partial charge in [0.25, 0.3) is 0 Å². The van der Waals surface area contributed by atoms with Gasteiger partial charge in [0.1, 0.15) is 5.75 Å². The zero-order chi connectivity index (χ0) is 15.2. The average molecular weight is 283 g/mol. The molecule has 0 amide bonds. The van der Waals surface area contributed by atoms with Gasteiger partial charge in [-0.2, -0.15) is 0 Å². The van der Waals surface area contributed by atoms with Crippen molar-refractivity contribution in [1.82, 2.24) is 5.32 Å². The predicted molar refractivity (Wildman–Crippen MR) is 78.9 cm³/mol. The molecule has 5 heteroatoms. The van der Waals surface area contributed by atoms with Gasteiger partial charge in [0, 0.05) is 31.8 Å². The molecule has 0 aliphatic carbocycles. The minimum absolute atomic E-state index is 0.205. The van der Waals surface area contributed by atoms with Crippen LogP contribution in [0.15, 0.2) is 12.1 Å². The van der Waals surface area contributed by atoms with E-state index in [1.54, 1.807) is 28.4 Å². The molecule has 0 unspecified atom stereocenters. The van der Waals surface area contributed by atoms with Gasteiger partial charge < -0.3 is 24.3 Å². The first-order valence-corrected chi connectivity index (χ1v) is 6.52. The Balaban J connectivity index is 2.83. The maximum Gasteiger partial charge on any atom is 0.164 e. The molecule has 0 aliphatic rings. The van der Waals surface area contributed by atoms with Crippen LogP contribution in [0.2, 0.25) is 0 Å². The van der Waals surface area contributed by atoms with E-state index in [1.165, 1.54) is 0 Å². The van der Waals surface area contributed by atoms with Crippen LogP contribution in [0, 0.1) is 0 Å². The van der Waals surface area contributed by atoms with E-state index in [-0.39, 0.29) is 5.60 Å². The van der Waals surface area contributed by atoms with E-state index in [0.29, 0.717) is 18.0 Å². The Labute approximate surface area is 121 Å². The summed E-state index contributed by atoms with van der Waals surface area (Å²) in [5, 5.41) is 3.36. The third-order valence-electron chi connectivity index (χ3n) is 3.21. The largest absolute Gasteiger partial charge is 0.496 e. The Morgan fingerprint density at radius 3 is 1.95 bits per heavy atom. The van der Waals surface area contributed by atoms with Crippen LogP contribution in [0.5, 0.6) is 17.2 Å². The molecule has 0 saturated heterocycles. The molecule has 0 aromatic heterocycles. The summed E-state index contributed by atoms with van der Waals surface area (Å²) in [5.41, 5.74) is 0.807. The minimum Gasteiger partial charge on any atom is -0.496 e. The van der Waals surface area contributed by atoms with E-state index in [2.05, 4.69) is 5.32 Å². The van der Waals surface area contributed by atoms with Crippen LogP contribution in [-0.2, 0) is 11.3 Å². The Hall–Kier alpha value is -1.46. The second-order valence-corrected chi connectivity index (χ2v) is 5.09. The molecule has 0 radical (unpaired) electrons. The maximum atomic E-state index is 5.39. The number of rotatable bonds is 8. The second-order valence-electron chi connectivity index (χ2n) is 5.09. The third kappa shape index (κ3) is 4.28. The minimum atomic E-state index is -0.205. The van der Waals surface area contributed by atoms with Crippen molar-refractivity contribution in [3.05, 3.63) is 17.7 Å². The summed E-state index contributed by atoms with van der Waals surface area (Å²) in [7, 11) is 6.58. The van der Waals surface area contributed by atoms with Gasteiger partial charge in [-0.25, -0.2) is 0 Å². The highest BCUT2D eigenvalue weighted by Gasteiger charge is 2.16. The molecule has 114 valence electrons. The molecule has 1 aromatic carbocycles. The molecular weight excluding hydrogens is 258 g/mol. The van der Waals surface area contributed by atoms with Gasteiger partial charge in [0.05, 0.1) is 26.9 Å². The van der Waals surface area contributed by atoms with Gasteiger partial charge >= 0.3 is 0 Å². The number of hydrogen-bond donors (Lipinski definition) is 1. The highest BCUT2D eigenvalue weighted by molar-refractivity contribution is 5.50. The lowest BCUT2D eigenvalue weighted by Gasteiger charge is -2.23. The van der Waals surface area contributed by atoms with E-state index in [4.69, 9.17) is 18.9 Å². The van der Waals surface area contributed by atoms with Crippen molar-refractivity contribution in [2.24, 2.45) is 0 Å². The lowest BCUT2D eigenvalue weighted by molar-refractivity contribution is 0.0230. The third-order valence-corrected chi connectivity index (χ3v) is 3.21. The lowest BCUT2D eigenvalue weighted by Crippen LogP contribution is -2.36. The fraction of sp³-hybridized carbons (Fsp3) is 0.600. The first-order chi connectivity index (χ1) is 9.47. The van der Waals surface area contributed by atoms with Gasteiger partial charge in [-0.15, -0.1) is 0 Å². The lowest BCUT2D eigenvalue weighted by atomic mass is 10.1. The van der Waals surface area contributed by atoms with Crippen LogP contribution >= 0.6 is 0 Å². The SMILES string of the molecule is COc1cc(OC)c(OC)cc1CNCC(C)(C)OC. The fourth-order valence-corrected chi connectivity index (χ4v) is 1.80. The molecule has 1 N–H and O–H groups in total. The molecule has 1 aromatic rings. The molecule has 0 aliphatic heterocycles. The summed E-state index contributed by atoms with van der Waals surface area (Å²) in [6.45, 7) is 5.47. The average Bonchev–Trinajstić information content (AvgIpc) is 2.46. The topological polar surface area (TPSA) is 49.0 Å². The molecule has 0 heterocycles. The van der Waals surface area contributed by atoms with E-state index in [1.807, 2.05) is 26.0 Å². The highest BCUT2D eigenvalue weighted by Crippen LogP contribution is 2.34. The number of nitrogens with one attached hydrogen (secondary N) is 1. The van der Waals surface area contributed by atoms with Crippen molar-refractivity contribution in [2.75, 3.05) is 35.0 Å². The first-order valence-electron chi connectivity index (χ1n) is 6.52. The number of benzene rings is 1. The van der Waals surface area contributed by atoms with Crippen LogP contribution in [0.1, 0.15) is 19.4 Å². The quantitative estimate of drug-likeness (QED) is 0.793. The molecule has 0 atom stereocenters. The van der Waals surface area contributed by atoms with Gasteiger partial charge in [-0.3, -0.25) is 0 Å². The van der Waals surface area contributed by atoms with Crippen molar-refractivity contribution >= 4 is 0 Å². The smallest absolute Gasteiger partial charge is 0.164 e. The molecule has 0 bridgehead atoms. The molecule has 0 fully saturated rings. The summed E-state index contributed by atoms with van der Waals surface area (Å²) in [6, 6.07) is 3.75.